The van der Waals surface area contributed by atoms with Crippen LogP contribution < -0.4 is 0 Å². The smallest absolute Gasteiger partial charge is 0.0991 e. The molecule has 0 saturated heterocycles. The average Bonchev–Trinajstić information content (AvgIpc) is 2.72. The molecule has 0 aliphatic carbocycles. The van der Waals surface area contributed by atoms with Crippen molar-refractivity contribution < 1.29 is 0 Å². The van der Waals surface area contributed by atoms with Crippen molar-refractivity contribution in [3.63, 3.8) is 0 Å². The minimum Gasteiger partial charge on any atom is -0.192 e. The van der Waals surface area contributed by atoms with Crippen molar-refractivity contribution in [1.29, 1.82) is 10.5 Å². The highest BCUT2D eigenvalue weighted by molar-refractivity contribution is 5.73. The summed E-state index contributed by atoms with van der Waals surface area (Å²) in [6.45, 7) is 0. The second kappa shape index (κ2) is 8.29. The highest BCUT2D eigenvalue weighted by atomic mass is 14.2. The van der Waals surface area contributed by atoms with E-state index in [4.69, 9.17) is 10.5 Å². The zero-order valence-electron chi connectivity index (χ0n) is 14.1. The Kier molecular flexibility index (Phi) is 5.41. The van der Waals surface area contributed by atoms with Gasteiger partial charge in [0.1, 0.15) is 0 Å². The number of hydrogen-bond donors (Lipinski definition) is 0. The summed E-state index contributed by atoms with van der Waals surface area (Å²) in [7, 11) is 0. The predicted octanol–water partition coefficient (Wildman–Crippen LogP) is 5.77. The molecule has 122 valence electrons. The highest BCUT2D eigenvalue weighted by Gasteiger charge is 1.93. The van der Waals surface area contributed by atoms with Crippen LogP contribution in [0.5, 0.6) is 0 Å². The van der Waals surface area contributed by atoms with Crippen molar-refractivity contribution in [2.45, 2.75) is 0 Å². The standard InChI is InChI=1S/C24H16N2/c25-17-23-14-11-21(12-15-23)9-6-19-4-7-20(8-5-19)10-13-22-2-1-3-24(16-22)18-26/h1-16H/b9-6-,13-10?. The van der Waals surface area contributed by atoms with Crippen molar-refractivity contribution in [2.24, 2.45) is 0 Å². The molecule has 3 aromatic carbocycles. The Bertz CT molecular complexity index is 1030. The van der Waals surface area contributed by atoms with Crippen LogP contribution in [0.2, 0.25) is 0 Å². The zero-order chi connectivity index (χ0) is 18.2. The molecule has 3 rings (SSSR count). The monoisotopic (exact) mass is 332 g/mol. The summed E-state index contributed by atoms with van der Waals surface area (Å²) < 4.78 is 0. The Hall–Kier alpha value is -3.88. The molecular formula is C24H16N2. The Labute approximate surface area is 153 Å². The molecular weight excluding hydrogens is 316 g/mol. The van der Waals surface area contributed by atoms with E-state index in [2.05, 4.69) is 36.4 Å². The van der Waals surface area contributed by atoms with E-state index in [1.165, 1.54) is 0 Å². The predicted molar refractivity (Wildman–Crippen MR) is 107 cm³/mol. The Morgan fingerprint density at radius 3 is 1.46 bits per heavy atom. The van der Waals surface area contributed by atoms with E-state index in [0.717, 1.165) is 22.3 Å². The summed E-state index contributed by atoms with van der Waals surface area (Å²) >= 11 is 0. The van der Waals surface area contributed by atoms with Crippen LogP contribution >= 0.6 is 0 Å². The molecule has 0 heterocycles. The lowest BCUT2D eigenvalue weighted by molar-refractivity contribution is 1.48. The maximum absolute atomic E-state index is 8.94. The fraction of sp³-hybridized carbons (Fsp3) is 0. The van der Waals surface area contributed by atoms with Gasteiger partial charge in [0.15, 0.2) is 0 Å². The Morgan fingerprint density at radius 2 is 0.962 bits per heavy atom. The maximum atomic E-state index is 8.94. The van der Waals surface area contributed by atoms with Gasteiger partial charge in [0.2, 0.25) is 0 Å². The van der Waals surface area contributed by atoms with Crippen molar-refractivity contribution in [2.75, 3.05) is 0 Å². The lowest BCUT2D eigenvalue weighted by atomic mass is 10.1. The summed E-state index contributed by atoms with van der Waals surface area (Å²) in [5.74, 6) is 0. The molecule has 0 unspecified atom stereocenters. The van der Waals surface area contributed by atoms with Gasteiger partial charge in [-0.3, -0.25) is 0 Å². The fourth-order valence-electron chi connectivity index (χ4n) is 2.48. The molecule has 0 bridgehead atoms. The number of benzene rings is 3. The number of hydrogen-bond acceptors (Lipinski definition) is 2. The number of rotatable bonds is 4. The van der Waals surface area contributed by atoms with Gasteiger partial charge in [-0.15, -0.1) is 0 Å². The Balaban J connectivity index is 1.68. The third-order valence-corrected chi connectivity index (χ3v) is 3.93. The summed E-state index contributed by atoms with van der Waals surface area (Å²) in [5, 5.41) is 17.8. The van der Waals surface area contributed by atoms with Gasteiger partial charge >= 0.3 is 0 Å². The van der Waals surface area contributed by atoms with Crippen LogP contribution in [-0.2, 0) is 0 Å². The topological polar surface area (TPSA) is 47.6 Å². The fourth-order valence-corrected chi connectivity index (χ4v) is 2.48. The van der Waals surface area contributed by atoms with Gasteiger partial charge in [-0.05, 0) is 46.5 Å². The minimum absolute atomic E-state index is 0.662. The second-order valence-electron chi connectivity index (χ2n) is 5.80. The van der Waals surface area contributed by atoms with E-state index in [1.807, 2.05) is 66.8 Å². The molecule has 0 aliphatic heterocycles. The molecule has 0 N–H and O–H groups in total. The first-order valence-corrected chi connectivity index (χ1v) is 8.23. The summed E-state index contributed by atoms with van der Waals surface area (Å²) in [4.78, 5) is 0. The number of nitriles is 2. The lowest BCUT2D eigenvalue weighted by Crippen LogP contribution is -1.78. The van der Waals surface area contributed by atoms with Gasteiger partial charge in [0.05, 0.1) is 23.3 Å². The van der Waals surface area contributed by atoms with Gasteiger partial charge in [-0.25, -0.2) is 0 Å². The van der Waals surface area contributed by atoms with Gasteiger partial charge in [0.25, 0.3) is 0 Å². The van der Waals surface area contributed by atoms with E-state index in [1.54, 1.807) is 6.07 Å². The number of nitrogens with zero attached hydrogens (tertiary/aromatic N) is 2. The molecule has 0 radical (unpaired) electrons. The van der Waals surface area contributed by atoms with Crippen LogP contribution in [0.3, 0.4) is 0 Å². The molecule has 0 saturated carbocycles. The maximum Gasteiger partial charge on any atom is 0.0991 e. The van der Waals surface area contributed by atoms with E-state index < -0.39 is 0 Å². The first kappa shape index (κ1) is 17.0. The van der Waals surface area contributed by atoms with Crippen molar-refractivity contribution in [3.05, 3.63) is 106 Å². The molecule has 0 spiro atoms. The van der Waals surface area contributed by atoms with Crippen LogP contribution in [0, 0.1) is 22.7 Å². The molecule has 0 amide bonds. The van der Waals surface area contributed by atoms with Crippen LogP contribution in [0.1, 0.15) is 33.4 Å². The van der Waals surface area contributed by atoms with Gasteiger partial charge in [-0.1, -0.05) is 72.8 Å². The normalized spacial score (nSPS) is 10.7. The first-order valence-electron chi connectivity index (χ1n) is 8.23. The van der Waals surface area contributed by atoms with Crippen LogP contribution in [0.25, 0.3) is 24.3 Å². The van der Waals surface area contributed by atoms with E-state index in [-0.39, 0.29) is 0 Å². The van der Waals surface area contributed by atoms with Crippen LogP contribution in [-0.4, -0.2) is 0 Å². The summed E-state index contributed by atoms with van der Waals surface area (Å²) in [6.07, 6.45) is 8.11. The van der Waals surface area contributed by atoms with Crippen LogP contribution in [0.4, 0.5) is 0 Å². The molecule has 0 aromatic heterocycles. The lowest BCUT2D eigenvalue weighted by Gasteiger charge is -1.98. The van der Waals surface area contributed by atoms with E-state index in [9.17, 15) is 0 Å². The molecule has 0 atom stereocenters. The minimum atomic E-state index is 0.662. The molecule has 2 heteroatoms. The largest absolute Gasteiger partial charge is 0.192 e. The van der Waals surface area contributed by atoms with Crippen LogP contribution in [0.15, 0.2) is 72.8 Å². The third-order valence-electron chi connectivity index (χ3n) is 3.93. The molecule has 0 aliphatic rings. The molecule has 2 nitrogen and oxygen atoms in total. The van der Waals surface area contributed by atoms with Gasteiger partial charge < -0.3 is 0 Å². The van der Waals surface area contributed by atoms with Gasteiger partial charge in [-0.2, -0.15) is 10.5 Å². The molecule has 0 fully saturated rings. The third kappa shape index (κ3) is 4.57. The average molecular weight is 332 g/mol. The summed E-state index contributed by atoms with van der Waals surface area (Å²) in [5.41, 5.74) is 5.61. The van der Waals surface area contributed by atoms with Crippen molar-refractivity contribution in [3.8, 4) is 12.1 Å². The van der Waals surface area contributed by atoms with Crippen molar-refractivity contribution >= 4 is 24.3 Å². The van der Waals surface area contributed by atoms with Gasteiger partial charge in [0, 0.05) is 0 Å². The van der Waals surface area contributed by atoms with E-state index in [0.29, 0.717) is 11.1 Å². The SMILES string of the molecule is N#Cc1ccc(/C=C\c2ccc(C=Cc3cccc(C#N)c3)cc2)cc1. The van der Waals surface area contributed by atoms with E-state index >= 15 is 0 Å². The Morgan fingerprint density at radius 1 is 0.500 bits per heavy atom. The molecule has 3 aromatic rings. The quantitative estimate of drug-likeness (QED) is 0.569. The first-order chi connectivity index (χ1) is 12.8. The zero-order valence-corrected chi connectivity index (χ0v) is 14.1. The van der Waals surface area contributed by atoms with Crippen molar-refractivity contribution in [1.82, 2.24) is 0 Å². The second-order valence-corrected chi connectivity index (χ2v) is 5.80. The highest BCUT2D eigenvalue weighted by Crippen LogP contribution is 2.13. The molecule has 26 heavy (non-hydrogen) atoms. The summed E-state index contributed by atoms with van der Waals surface area (Å²) in [6, 6.07) is 27.5.